The Morgan fingerprint density at radius 1 is 1.16 bits per heavy atom. The molecule has 2 amide bonds. The molecule has 3 N–H and O–H groups in total. The lowest BCUT2D eigenvalue weighted by molar-refractivity contribution is -0.0848. The molecule has 1 spiro atoms. The quantitative estimate of drug-likeness (QED) is 0.421. The minimum atomic E-state index is -0.561. The molecular weight excluding hydrogens is 470 g/mol. The maximum absolute atomic E-state index is 12.9. The van der Waals surface area contributed by atoms with E-state index in [0.717, 1.165) is 37.1 Å². The highest BCUT2D eigenvalue weighted by Gasteiger charge is 2.54. The molecule has 2 fully saturated rings. The summed E-state index contributed by atoms with van der Waals surface area (Å²) in [5.41, 5.74) is 9.31. The van der Waals surface area contributed by atoms with Gasteiger partial charge in [0.1, 0.15) is 11.7 Å². The van der Waals surface area contributed by atoms with Gasteiger partial charge in [-0.05, 0) is 74.4 Å². The summed E-state index contributed by atoms with van der Waals surface area (Å²) in [7, 11) is 0. The number of carbonyl (C=O) groups is 2. The highest BCUT2D eigenvalue weighted by Crippen LogP contribution is 2.57. The maximum Gasteiger partial charge on any atom is 0.256 e. The van der Waals surface area contributed by atoms with Crippen LogP contribution in [0.15, 0.2) is 54.9 Å². The molecule has 0 atom stereocenters. The summed E-state index contributed by atoms with van der Waals surface area (Å²) >= 11 is 0. The Hall–Kier alpha value is -4.65. The first-order chi connectivity index (χ1) is 17.9. The number of nitrogens with one attached hydrogen (secondary N) is 1. The SMILES string of the molecule is Cc1c(C(=O)N[C@H]2CC3(C2)C[C@H](Oc2nn4ccccc4c2C(N)=O)C3)cnn1-c1ccc(C#N)cc1. The van der Waals surface area contributed by atoms with Crippen molar-refractivity contribution in [1.29, 1.82) is 5.26 Å². The number of nitriles is 1. The van der Waals surface area contributed by atoms with E-state index in [1.165, 1.54) is 0 Å². The van der Waals surface area contributed by atoms with Crippen LogP contribution in [0.4, 0.5) is 0 Å². The van der Waals surface area contributed by atoms with Crippen LogP contribution in [0.2, 0.25) is 0 Å². The summed E-state index contributed by atoms with van der Waals surface area (Å²) in [6.45, 7) is 1.86. The van der Waals surface area contributed by atoms with Gasteiger partial charge in [-0.3, -0.25) is 9.59 Å². The number of rotatable bonds is 6. The van der Waals surface area contributed by atoms with Crippen LogP contribution in [0.5, 0.6) is 5.88 Å². The van der Waals surface area contributed by atoms with E-state index in [0.29, 0.717) is 22.2 Å². The van der Waals surface area contributed by atoms with Gasteiger partial charge in [-0.2, -0.15) is 10.4 Å². The Balaban J connectivity index is 1.05. The third-order valence-electron chi connectivity index (χ3n) is 7.54. The number of nitrogens with two attached hydrogens (primary N) is 1. The molecule has 2 aliphatic carbocycles. The molecular formula is C27H25N7O3. The molecule has 1 aromatic carbocycles. The number of hydrogen-bond acceptors (Lipinski definition) is 6. The molecule has 2 aliphatic rings. The van der Waals surface area contributed by atoms with E-state index in [4.69, 9.17) is 15.7 Å². The molecule has 10 nitrogen and oxygen atoms in total. The predicted molar refractivity (Wildman–Crippen MR) is 133 cm³/mol. The Morgan fingerprint density at radius 3 is 2.62 bits per heavy atom. The molecule has 0 unspecified atom stereocenters. The number of carbonyl (C=O) groups excluding carboxylic acids is 2. The average molecular weight is 496 g/mol. The fourth-order valence-electron chi connectivity index (χ4n) is 5.69. The molecule has 37 heavy (non-hydrogen) atoms. The van der Waals surface area contributed by atoms with E-state index in [1.54, 1.807) is 39.8 Å². The van der Waals surface area contributed by atoms with Crippen molar-refractivity contribution in [3.8, 4) is 17.6 Å². The third-order valence-corrected chi connectivity index (χ3v) is 7.54. The lowest BCUT2D eigenvalue weighted by Crippen LogP contribution is -2.58. The molecule has 0 aliphatic heterocycles. The average Bonchev–Trinajstić information content (AvgIpc) is 3.41. The standard InChI is InChI=1S/C27H25N7O3/c1-16-21(15-30-34(16)19-7-5-17(14-28)6-8-19)25(36)31-18-10-27(11-18)12-20(13-27)37-26-23(24(29)35)22-4-2-3-9-33(22)32-26/h2-9,15,18,20H,10-13H2,1H3,(H2,29,35)(H,31,36)/t18-,20-,27?. The summed E-state index contributed by atoms with van der Waals surface area (Å²) in [5, 5.41) is 20.9. The van der Waals surface area contributed by atoms with Crippen LogP contribution in [-0.4, -0.2) is 43.4 Å². The molecule has 10 heteroatoms. The number of pyridine rings is 1. The van der Waals surface area contributed by atoms with Crippen molar-refractivity contribution >= 4 is 17.3 Å². The minimum absolute atomic E-state index is 0.0347. The molecule has 4 aromatic rings. The van der Waals surface area contributed by atoms with Crippen molar-refractivity contribution in [3.63, 3.8) is 0 Å². The molecule has 3 aromatic heterocycles. The van der Waals surface area contributed by atoms with Crippen molar-refractivity contribution in [2.24, 2.45) is 11.1 Å². The van der Waals surface area contributed by atoms with Gasteiger partial charge in [0.05, 0.1) is 40.3 Å². The molecule has 186 valence electrons. The van der Waals surface area contributed by atoms with Crippen LogP contribution in [-0.2, 0) is 0 Å². The Labute approximate surface area is 212 Å². The number of ether oxygens (including phenoxy) is 1. The molecule has 0 radical (unpaired) electrons. The fourth-order valence-corrected chi connectivity index (χ4v) is 5.69. The fraction of sp³-hybridized carbons (Fsp3) is 0.296. The largest absolute Gasteiger partial charge is 0.473 e. The number of fused-ring (bicyclic) bond motifs is 1. The highest BCUT2D eigenvalue weighted by molar-refractivity contribution is 6.02. The Bertz CT molecular complexity index is 1560. The summed E-state index contributed by atoms with van der Waals surface area (Å²) in [6, 6.07) is 14.7. The maximum atomic E-state index is 12.9. The number of primary amides is 1. The first kappa shape index (κ1) is 22.8. The third kappa shape index (κ3) is 3.89. The minimum Gasteiger partial charge on any atom is -0.473 e. The second kappa shape index (κ2) is 8.48. The van der Waals surface area contributed by atoms with Gasteiger partial charge >= 0.3 is 0 Å². The molecule has 0 bridgehead atoms. The van der Waals surface area contributed by atoms with Crippen molar-refractivity contribution in [3.05, 3.63) is 77.2 Å². The second-order valence-electron chi connectivity index (χ2n) is 10.0. The molecule has 3 heterocycles. The first-order valence-electron chi connectivity index (χ1n) is 12.2. The highest BCUT2D eigenvalue weighted by atomic mass is 16.5. The van der Waals surface area contributed by atoms with Gasteiger partial charge < -0.3 is 15.8 Å². The summed E-state index contributed by atoms with van der Waals surface area (Å²) in [5.74, 6) is -0.424. The van der Waals surface area contributed by atoms with Gasteiger partial charge in [0.15, 0.2) is 0 Å². The number of benzene rings is 1. The normalized spacial score (nSPS) is 22.2. The van der Waals surface area contributed by atoms with Gasteiger partial charge in [-0.1, -0.05) is 6.07 Å². The van der Waals surface area contributed by atoms with E-state index >= 15 is 0 Å². The van der Waals surface area contributed by atoms with Crippen LogP contribution < -0.4 is 15.8 Å². The van der Waals surface area contributed by atoms with Crippen LogP contribution in [0.25, 0.3) is 11.2 Å². The predicted octanol–water partition coefficient (Wildman–Crippen LogP) is 2.92. The van der Waals surface area contributed by atoms with E-state index in [-0.39, 0.29) is 29.3 Å². The molecule has 2 saturated carbocycles. The van der Waals surface area contributed by atoms with Crippen molar-refractivity contribution in [2.75, 3.05) is 0 Å². The molecule has 6 rings (SSSR count). The van der Waals surface area contributed by atoms with Crippen LogP contribution in [0.1, 0.15) is 57.7 Å². The Kier molecular flexibility index (Phi) is 5.22. The zero-order valence-corrected chi connectivity index (χ0v) is 20.2. The van der Waals surface area contributed by atoms with Crippen molar-refractivity contribution < 1.29 is 14.3 Å². The van der Waals surface area contributed by atoms with Gasteiger partial charge in [-0.25, -0.2) is 9.20 Å². The lowest BCUT2D eigenvalue weighted by atomic mass is 9.53. The van der Waals surface area contributed by atoms with Gasteiger partial charge in [0.2, 0.25) is 5.88 Å². The van der Waals surface area contributed by atoms with Crippen LogP contribution in [0.3, 0.4) is 0 Å². The van der Waals surface area contributed by atoms with E-state index in [1.807, 2.05) is 31.2 Å². The van der Waals surface area contributed by atoms with E-state index in [9.17, 15) is 9.59 Å². The number of aromatic nitrogens is 4. The number of hydrogen-bond donors (Lipinski definition) is 2. The smallest absolute Gasteiger partial charge is 0.256 e. The zero-order valence-electron chi connectivity index (χ0n) is 20.2. The first-order valence-corrected chi connectivity index (χ1v) is 12.2. The van der Waals surface area contributed by atoms with Crippen molar-refractivity contribution in [2.45, 2.75) is 44.8 Å². The van der Waals surface area contributed by atoms with E-state index in [2.05, 4.69) is 21.6 Å². The van der Waals surface area contributed by atoms with Gasteiger partial charge in [0, 0.05) is 12.2 Å². The van der Waals surface area contributed by atoms with Crippen molar-refractivity contribution in [1.82, 2.24) is 24.7 Å². The number of amides is 2. The zero-order chi connectivity index (χ0) is 25.7. The Morgan fingerprint density at radius 2 is 1.92 bits per heavy atom. The number of nitrogens with zero attached hydrogens (tertiary/aromatic N) is 5. The van der Waals surface area contributed by atoms with Crippen LogP contribution >= 0.6 is 0 Å². The molecule has 0 saturated heterocycles. The van der Waals surface area contributed by atoms with Gasteiger partial charge in [-0.15, -0.1) is 5.10 Å². The van der Waals surface area contributed by atoms with Crippen LogP contribution in [0, 0.1) is 23.7 Å². The monoisotopic (exact) mass is 495 g/mol. The topological polar surface area (TPSA) is 140 Å². The van der Waals surface area contributed by atoms with Gasteiger partial charge in [0.25, 0.3) is 11.8 Å². The summed E-state index contributed by atoms with van der Waals surface area (Å²) < 4.78 is 9.37. The second-order valence-corrected chi connectivity index (χ2v) is 10.0. The summed E-state index contributed by atoms with van der Waals surface area (Å²) in [4.78, 5) is 24.9. The van der Waals surface area contributed by atoms with E-state index < -0.39 is 5.91 Å². The lowest BCUT2D eigenvalue weighted by Gasteiger charge is -2.57. The summed E-state index contributed by atoms with van der Waals surface area (Å²) in [6.07, 6.45) is 6.77.